The highest BCUT2D eigenvalue weighted by Gasteiger charge is 2.26. The molecule has 3 aliphatic rings. The topological polar surface area (TPSA) is 119 Å². The number of hydrogen-bond donors (Lipinski definition) is 3. The smallest absolute Gasteiger partial charge is 0.254 e. The van der Waals surface area contributed by atoms with Gasteiger partial charge in [-0.1, -0.05) is 6.07 Å². The van der Waals surface area contributed by atoms with Crippen LogP contribution in [0, 0.1) is 0 Å². The van der Waals surface area contributed by atoms with E-state index in [4.69, 9.17) is 14.5 Å². The first-order valence-corrected chi connectivity index (χ1v) is 10.9. The summed E-state index contributed by atoms with van der Waals surface area (Å²) in [7, 11) is 0. The van der Waals surface area contributed by atoms with Crippen molar-refractivity contribution in [2.45, 2.75) is 38.3 Å². The van der Waals surface area contributed by atoms with Gasteiger partial charge in [-0.05, 0) is 43.5 Å². The van der Waals surface area contributed by atoms with Crippen molar-refractivity contribution < 1.29 is 19.1 Å². The molecule has 168 valence electrons. The summed E-state index contributed by atoms with van der Waals surface area (Å²) in [6, 6.07) is 8.17. The van der Waals surface area contributed by atoms with Crippen molar-refractivity contribution in [2.75, 3.05) is 17.4 Å². The Hall–Kier alpha value is -4.08. The van der Waals surface area contributed by atoms with Gasteiger partial charge in [0, 0.05) is 23.2 Å². The van der Waals surface area contributed by atoms with E-state index in [-0.39, 0.29) is 31.1 Å². The van der Waals surface area contributed by atoms with E-state index in [0.29, 0.717) is 28.6 Å². The van der Waals surface area contributed by atoms with E-state index in [1.54, 1.807) is 16.8 Å². The lowest BCUT2D eigenvalue weighted by Gasteiger charge is -2.17. The summed E-state index contributed by atoms with van der Waals surface area (Å²) < 4.78 is 12.6. The summed E-state index contributed by atoms with van der Waals surface area (Å²) in [4.78, 5) is 28.4. The standard InChI is InChI=1S/C23H22N6O4/c1-12(13-2-5-17-18(7-13)33-11-32-17)25-19-9-20(26-16-3-4-16)29-22(27-19)15(10-24-29)6-14-8-21(30)28-23(14)31/h2,5-7,9-10,12,16,26H,3-4,8,11H2,1H3,(H,25,27)(H,28,30,31)/b14-6+. The monoisotopic (exact) mass is 446 g/mol. The van der Waals surface area contributed by atoms with E-state index >= 15 is 0 Å². The molecule has 2 amide bonds. The Balaban J connectivity index is 1.35. The maximum absolute atomic E-state index is 12.0. The molecule has 1 unspecified atom stereocenters. The lowest BCUT2D eigenvalue weighted by molar-refractivity contribution is -0.124. The van der Waals surface area contributed by atoms with Gasteiger partial charge in [-0.3, -0.25) is 14.9 Å². The van der Waals surface area contributed by atoms with Crippen LogP contribution in [0.3, 0.4) is 0 Å². The minimum Gasteiger partial charge on any atom is -0.454 e. The third-order valence-electron chi connectivity index (χ3n) is 5.91. The number of aromatic nitrogens is 3. The van der Waals surface area contributed by atoms with Crippen LogP contribution in [0.15, 0.2) is 36.0 Å². The van der Waals surface area contributed by atoms with Crippen molar-refractivity contribution in [2.24, 2.45) is 0 Å². The molecule has 3 aromatic rings. The molecular weight excluding hydrogens is 424 g/mol. The van der Waals surface area contributed by atoms with Crippen LogP contribution in [0.1, 0.15) is 43.4 Å². The van der Waals surface area contributed by atoms with Gasteiger partial charge in [-0.15, -0.1) is 0 Å². The molecule has 6 rings (SSSR count). The second-order valence-electron chi connectivity index (χ2n) is 8.48. The van der Waals surface area contributed by atoms with Gasteiger partial charge < -0.3 is 20.1 Å². The zero-order valence-corrected chi connectivity index (χ0v) is 17.9. The number of anilines is 2. The Kier molecular flexibility index (Phi) is 4.46. The van der Waals surface area contributed by atoms with Gasteiger partial charge in [0.1, 0.15) is 11.6 Å². The van der Waals surface area contributed by atoms with Crippen molar-refractivity contribution in [1.29, 1.82) is 0 Å². The predicted molar refractivity (Wildman–Crippen MR) is 120 cm³/mol. The predicted octanol–water partition coefficient (Wildman–Crippen LogP) is 2.64. The number of hydrogen-bond acceptors (Lipinski definition) is 8. The van der Waals surface area contributed by atoms with Gasteiger partial charge in [-0.25, -0.2) is 4.98 Å². The quantitative estimate of drug-likeness (QED) is 0.391. The van der Waals surface area contributed by atoms with Gasteiger partial charge in [0.05, 0.1) is 18.7 Å². The van der Waals surface area contributed by atoms with Crippen LogP contribution >= 0.6 is 0 Å². The Morgan fingerprint density at radius 1 is 1.21 bits per heavy atom. The van der Waals surface area contributed by atoms with E-state index in [9.17, 15) is 9.59 Å². The van der Waals surface area contributed by atoms with Crippen LogP contribution < -0.4 is 25.4 Å². The van der Waals surface area contributed by atoms with Gasteiger partial charge in [0.15, 0.2) is 17.1 Å². The number of ether oxygens (including phenoxy) is 2. The molecule has 2 aromatic heterocycles. The molecule has 1 atom stereocenters. The number of rotatable bonds is 6. The third-order valence-corrected chi connectivity index (χ3v) is 5.91. The molecule has 2 aliphatic heterocycles. The van der Waals surface area contributed by atoms with Gasteiger partial charge in [-0.2, -0.15) is 9.61 Å². The summed E-state index contributed by atoms with van der Waals surface area (Å²) in [5.41, 5.74) is 2.71. The van der Waals surface area contributed by atoms with Crippen LogP contribution in [0.2, 0.25) is 0 Å². The largest absolute Gasteiger partial charge is 0.454 e. The Bertz CT molecular complexity index is 1330. The first-order chi connectivity index (χ1) is 16.0. The summed E-state index contributed by atoms with van der Waals surface area (Å²) in [5.74, 6) is 2.29. The molecule has 1 saturated heterocycles. The summed E-state index contributed by atoms with van der Waals surface area (Å²) >= 11 is 0. The van der Waals surface area contributed by atoms with Gasteiger partial charge in [0.25, 0.3) is 5.91 Å². The van der Waals surface area contributed by atoms with Crippen LogP contribution in [0.25, 0.3) is 11.7 Å². The van der Waals surface area contributed by atoms with Crippen molar-refractivity contribution in [1.82, 2.24) is 19.9 Å². The van der Waals surface area contributed by atoms with Crippen molar-refractivity contribution in [3.8, 4) is 11.5 Å². The Morgan fingerprint density at radius 3 is 2.85 bits per heavy atom. The number of imide groups is 1. The lowest BCUT2D eigenvalue weighted by Crippen LogP contribution is -2.19. The molecule has 0 bridgehead atoms. The van der Waals surface area contributed by atoms with Gasteiger partial charge in [0.2, 0.25) is 12.7 Å². The minimum atomic E-state index is -0.374. The van der Waals surface area contributed by atoms with Crippen LogP contribution in [-0.2, 0) is 9.59 Å². The SMILES string of the molecule is CC(Nc1cc(NC2CC2)n2ncc(/C=C3\CC(=O)NC3=O)c2n1)c1ccc2c(c1)OCO2. The molecule has 3 N–H and O–H groups in total. The molecule has 2 fully saturated rings. The average molecular weight is 446 g/mol. The highest BCUT2D eigenvalue weighted by Crippen LogP contribution is 2.35. The number of nitrogens with zero attached hydrogens (tertiary/aromatic N) is 3. The molecule has 1 saturated carbocycles. The normalized spacial score (nSPS) is 19.2. The first-order valence-electron chi connectivity index (χ1n) is 10.9. The minimum absolute atomic E-state index is 0.0498. The summed E-state index contributed by atoms with van der Waals surface area (Å²) in [6.07, 6.45) is 5.62. The summed E-state index contributed by atoms with van der Waals surface area (Å²) in [6.45, 7) is 2.28. The zero-order valence-electron chi connectivity index (χ0n) is 17.9. The van der Waals surface area contributed by atoms with E-state index < -0.39 is 0 Å². The van der Waals surface area contributed by atoms with E-state index in [2.05, 4.69) is 21.0 Å². The zero-order chi connectivity index (χ0) is 22.5. The van der Waals surface area contributed by atoms with Crippen LogP contribution in [0.4, 0.5) is 11.6 Å². The second-order valence-corrected chi connectivity index (χ2v) is 8.48. The highest BCUT2D eigenvalue weighted by molar-refractivity contribution is 6.15. The third kappa shape index (κ3) is 3.73. The number of amides is 2. The van der Waals surface area contributed by atoms with Crippen molar-refractivity contribution in [3.63, 3.8) is 0 Å². The fourth-order valence-corrected chi connectivity index (χ4v) is 3.99. The molecular formula is C23H22N6O4. The average Bonchev–Trinajstić information content (AvgIpc) is 3.18. The van der Waals surface area contributed by atoms with E-state index in [1.807, 2.05) is 31.2 Å². The molecule has 10 heteroatoms. The number of carbonyl (C=O) groups excluding carboxylic acids is 2. The van der Waals surface area contributed by atoms with Gasteiger partial charge >= 0.3 is 0 Å². The molecule has 1 aromatic carbocycles. The Morgan fingerprint density at radius 2 is 2.06 bits per heavy atom. The number of carbonyl (C=O) groups is 2. The highest BCUT2D eigenvalue weighted by atomic mass is 16.7. The maximum Gasteiger partial charge on any atom is 0.254 e. The van der Waals surface area contributed by atoms with Crippen molar-refractivity contribution >= 4 is 35.2 Å². The molecule has 33 heavy (non-hydrogen) atoms. The van der Waals surface area contributed by atoms with E-state index in [0.717, 1.165) is 35.7 Å². The molecule has 0 spiro atoms. The second kappa shape index (κ2) is 7.51. The Labute approximate surface area is 189 Å². The summed E-state index contributed by atoms with van der Waals surface area (Å²) in [5, 5.41) is 13.7. The molecule has 4 heterocycles. The van der Waals surface area contributed by atoms with Crippen LogP contribution in [-0.4, -0.2) is 39.2 Å². The van der Waals surface area contributed by atoms with Crippen molar-refractivity contribution in [3.05, 3.63) is 47.2 Å². The number of benzene rings is 1. The molecule has 10 nitrogen and oxygen atoms in total. The fourth-order valence-electron chi connectivity index (χ4n) is 3.99. The number of fused-ring (bicyclic) bond motifs is 2. The van der Waals surface area contributed by atoms with Crippen LogP contribution in [0.5, 0.6) is 11.5 Å². The first kappa shape index (κ1) is 19.6. The lowest BCUT2D eigenvalue weighted by atomic mass is 10.1. The molecule has 0 radical (unpaired) electrons. The van der Waals surface area contributed by atoms with E-state index in [1.165, 1.54) is 0 Å². The molecule has 1 aliphatic carbocycles. The maximum atomic E-state index is 12.0. The number of nitrogens with one attached hydrogen (secondary N) is 3. The fraction of sp³-hybridized carbons (Fsp3) is 0.304.